The second-order valence-electron chi connectivity index (χ2n) is 7.87. The fourth-order valence-corrected chi connectivity index (χ4v) is 5.48. The van der Waals surface area contributed by atoms with E-state index >= 15 is 0 Å². The summed E-state index contributed by atoms with van der Waals surface area (Å²) in [5, 5.41) is 3.86. The first kappa shape index (κ1) is 17.7. The zero-order valence-electron chi connectivity index (χ0n) is 15.6. The van der Waals surface area contributed by atoms with Crippen molar-refractivity contribution in [3.05, 3.63) is 26.6 Å². The van der Waals surface area contributed by atoms with Crippen molar-refractivity contribution in [3.63, 3.8) is 0 Å². The van der Waals surface area contributed by atoms with Gasteiger partial charge in [0.05, 0.1) is 10.3 Å². The molecule has 0 saturated heterocycles. The van der Waals surface area contributed by atoms with Gasteiger partial charge in [0.1, 0.15) is 10.7 Å². The summed E-state index contributed by atoms with van der Waals surface area (Å²) in [6.07, 6.45) is 8.74. The summed E-state index contributed by atoms with van der Waals surface area (Å²) in [6.45, 7) is 4.85. The molecule has 1 aliphatic heterocycles. The first-order valence-corrected chi connectivity index (χ1v) is 10.7. The molecule has 0 aromatic carbocycles. The van der Waals surface area contributed by atoms with Crippen molar-refractivity contribution in [2.45, 2.75) is 77.8 Å². The second kappa shape index (κ2) is 7.14. The predicted octanol–water partition coefficient (Wildman–Crippen LogP) is 3.80. The highest BCUT2D eigenvalue weighted by molar-refractivity contribution is 7.20. The third kappa shape index (κ3) is 3.08. The van der Waals surface area contributed by atoms with Crippen LogP contribution in [0.5, 0.6) is 0 Å². The lowest BCUT2D eigenvalue weighted by Crippen LogP contribution is -2.41. The molecule has 0 unspecified atom stereocenters. The molecule has 1 aliphatic carbocycles. The largest absolute Gasteiger partial charge is 0.348 e. The highest BCUT2D eigenvalue weighted by atomic mass is 32.1. The van der Waals surface area contributed by atoms with E-state index in [1.54, 1.807) is 0 Å². The van der Waals surface area contributed by atoms with Crippen molar-refractivity contribution >= 4 is 27.5 Å². The molecule has 6 heteroatoms. The van der Waals surface area contributed by atoms with Crippen molar-refractivity contribution in [2.24, 2.45) is 5.92 Å². The van der Waals surface area contributed by atoms with Crippen LogP contribution in [0.25, 0.3) is 10.2 Å². The van der Waals surface area contributed by atoms with Gasteiger partial charge in [0.2, 0.25) is 0 Å². The van der Waals surface area contributed by atoms with Gasteiger partial charge in [-0.25, -0.2) is 4.98 Å². The molecule has 2 aliphatic rings. The molecule has 26 heavy (non-hydrogen) atoms. The van der Waals surface area contributed by atoms with E-state index in [0.717, 1.165) is 54.9 Å². The van der Waals surface area contributed by atoms with Crippen LogP contribution >= 0.6 is 11.3 Å². The molecule has 140 valence electrons. The van der Waals surface area contributed by atoms with E-state index in [4.69, 9.17) is 4.98 Å². The minimum absolute atomic E-state index is 0.0331. The molecule has 3 heterocycles. The maximum Gasteiger partial charge on any atom is 0.262 e. The summed E-state index contributed by atoms with van der Waals surface area (Å²) in [4.78, 5) is 32.1. The molecule has 1 amide bonds. The number of amides is 1. The standard InChI is InChI=1S/C20H27N3O2S/c1-12-8-5-6-9-14(12)21-18(24)17-13(2)16-19(26-17)22-15-10-4-3-7-11-23(15)20(16)25/h12,14H,3-11H2,1-2H3,(H,21,24)/t12-,14+/m0/s1. The topological polar surface area (TPSA) is 64.0 Å². The van der Waals surface area contributed by atoms with E-state index in [9.17, 15) is 9.59 Å². The molecule has 1 fully saturated rings. The molecule has 0 bridgehead atoms. The summed E-state index contributed by atoms with van der Waals surface area (Å²) >= 11 is 1.38. The zero-order valence-corrected chi connectivity index (χ0v) is 16.5. The fraction of sp³-hybridized carbons (Fsp3) is 0.650. The molecule has 0 radical (unpaired) electrons. The Morgan fingerprint density at radius 1 is 1.19 bits per heavy atom. The highest BCUT2D eigenvalue weighted by Crippen LogP contribution is 2.30. The molecule has 5 nitrogen and oxygen atoms in total. The Kier molecular flexibility index (Phi) is 4.86. The van der Waals surface area contributed by atoms with Crippen LogP contribution in [0.1, 0.15) is 72.9 Å². The summed E-state index contributed by atoms with van der Waals surface area (Å²) < 4.78 is 1.83. The number of fused-ring (bicyclic) bond motifs is 2. The first-order valence-electron chi connectivity index (χ1n) is 9.90. The number of aryl methyl sites for hydroxylation is 2. The zero-order chi connectivity index (χ0) is 18.3. The van der Waals surface area contributed by atoms with Crippen LogP contribution in [-0.2, 0) is 13.0 Å². The third-order valence-corrected chi connectivity index (χ3v) is 7.23. The maximum absolute atomic E-state index is 13.0. The van der Waals surface area contributed by atoms with Gasteiger partial charge in [0, 0.05) is 19.0 Å². The highest BCUT2D eigenvalue weighted by Gasteiger charge is 2.26. The molecular formula is C20H27N3O2S. The summed E-state index contributed by atoms with van der Waals surface area (Å²) in [7, 11) is 0. The number of thiophene rings is 1. The Labute approximate surface area is 157 Å². The van der Waals surface area contributed by atoms with Gasteiger partial charge in [0.25, 0.3) is 11.5 Å². The van der Waals surface area contributed by atoms with Crippen molar-refractivity contribution in [3.8, 4) is 0 Å². The molecule has 0 spiro atoms. The number of carbonyl (C=O) groups excluding carboxylic acids is 1. The number of carbonyl (C=O) groups is 1. The fourth-order valence-electron chi connectivity index (χ4n) is 4.39. The predicted molar refractivity (Wildman–Crippen MR) is 105 cm³/mol. The Morgan fingerprint density at radius 2 is 2.00 bits per heavy atom. The first-order chi connectivity index (χ1) is 12.6. The minimum Gasteiger partial charge on any atom is -0.348 e. The molecular weight excluding hydrogens is 346 g/mol. The van der Waals surface area contributed by atoms with Gasteiger partial charge in [-0.15, -0.1) is 11.3 Å². The van der Waals surface area contributed by atoms with Crippen LogP contribution in [0.4, 0.5) is 0 Å². The van der Waals surface area contributed by atoms with Crippen LogP contribution in [0.3, 0.4) is 0 Å². The van der Waals surface area contributed by atoms with Gasteiger partial charge < -0.3 is 5.32 Å². The van der Waals surface area contributed by atoms with Crippen molar-refractivity contribution in [2.75, 3.05) is 0 Å². The number of nitrogens with one attached hydrogen (secondary N) is 1. The number of hydrogen-bond acceptors (Lipinski definition) is 4. The third-order valence-electron chi connectivity index (χ3n) is 6.05. The van der Waals surface area contributed by atoms with E-state index in [1.165, 1.54) is 30.6 Å². The van der Waals surface area contributed by atoms with Crippen molar-refractivity contribution < 1.29 is 4.79 Å². The smallest absolute Gasteiger partial charge is 0.262 e. The minimum atomic E-state index is -0.0381. The van der Waals surface area contributed by atoms with Crippen LogP contribution in [-0.4, -0.2) is 21.5 Å². The van der Waals surface area contributed by atoms with Gasteiger partial charge in [-0.2, -0.15) is 0 Å². The molecule has 2 aromatic heterocycles. The van der Waals surface area contributed by atoms with Crippen molar-refractivity contribution in [1.82, 2.24) is 14.9 Å². The van der Waals surface area contributed by atoms with E-state index in [0.29, 0.717) is 16.2 Å². The quantitative estimate of drug-likeness (QED) is 0.871. The Bertz CT molecular complexity index is 899. The average molecular weight is 374 g/mol. The van der Waals surface area contributed by atoms with Gasteiger partial charge >= 0.3 is 0 Å². The SMILES string of the molecule is Cc1c(C(=O)N[C@@H]2CCCC[C@@H]2C)sc2nc3n(c(=O)c12)CCCCC3. The normalized spacial score (nSPS) is 23.5. The Balaban J connectivity index is 1.70. The molecule has 1 saturated carbocycles. The summed E-state index contributed by atoms with van der Waals surface area (Å²) in [6, 6.07) is 0.242. The monoisotopic (exact) mass is 373 g/mol. The number of hydrogen-bond donors (Lipinski definition) is 1. The van der Waals surface area contributed by atoms with Gasteiger partial charge in [-0.1, -0.05) is 26.2 Å². The van der Waals surface area contributed by atoms with E-state index < -0.39 is 0 Å². The van der Waals surface area contributed by atoms with E-state index in [-0.39, 0.29) is 17.5 Å². The van der Waals surface area contributed by atoms with E-state index in [1.807, 2.05) is 11.5 Å². The number of nitrogens with zero attached hydrogens (tertiary/aromatic N) is 2. The van der Waals surface area contributed by atoms with E-state index in [2.05, 4.69) is 12.2 Å². The van der Waals surface area contributed by atoms with Gasteiger partial charge in [-0.3, -0.25) is 14.2 Å². The van der Waals surface area contributed by atoms with Crippen LogP contribution in [0.2, 0.25) is 0 Å². The number of rotatable bonds is 2. The Morgan fingerprint density at radius 3 is 2.81 bits per heavy atom. The average Bonchev–Trinajstić information content (AvgIpc) is 2.80. The molecule has 2 atom stereocenters. The number of aromatic nitrogens is 2. The second-order valence-corrected chi connectivity index (χ2v) is 8.87. The lowest BCUT2D eigenvalue weighted by molar-refractivity contribution is 0.0914. The lowest BCUT2D eigenvalue weighted by Gasteiger charge is -2.29. The molecule has 4 rings (SSSR count). The summed E-state index contributed by atoms with van der Waals surface area (Å²) in [5.74, 6) is 1.36. The van der Waals surface area contributed by atoms with Gasteiger partial charge in [-0.05, 0) is 44.1 Å². The Hall–Kier alpha value is -1.69. The van der Waals surface area contributed by atoms with Gasteiger partial charge in [0.15, 0.2) is 0 Å². The summed E-state index contributed by atoms with van der Waals surface area (Å²) in [5.41, 5.74) is 0.828. The van der Waals surface area contributed by atoms with Crippen LogP contribution in [0.15, 0.2) is 4.79 Å². The molecule has 1 N–H and O–H groups in total. The van der Waals surface area contributed by atoms with Crippen LogP contribution in [0, 0.1) is 12.8 Å². The molecule has 2 aromatic rings. The van der Waals surface area contributed by atoms with Crippen molar-refractivity contribution in [1.29, 1.82) is 0 Å². The lowest BCUT2D eigenvalue weighted by atomic mass is 9.86. The van der Waals surface area contributed by atoms with Crippen LogP contribution < -0.4 is 10.9 Å². The maximum atomic E-state index is 13.0.